The first kappa shape index (κ1) is 18.8. The summed E-state index contributed by atoms with van der Waals surface area (Å²) in [7, 11) is 1.15. The molecule has 0 aromatic heterocycles. The summed E-state index contributed by atoms with van der Waals surface area (Å²) in [5, 5.41) is 0. The maximum Gasteiger partial charge on any atom is 0.697 e. The first-order chi connectivity index (χ1) is 11.4. The molecule has 0 aromatic carbocycles. The summed E-state index contributed by atoms with van der Waals surface area (Å²) >= 11 is 0. The van der Waals surface area contributed by atoms with Crippen molar-refractivity contribution in [3.63, 3.8) is 0 Å². The van der Waals surface area contributed by atoms with Crippen molar-refractivity contribution in [2.75, 3.05) is 13.2 Å². The van der Waals surface area contributed by atoms with Crippen LogP contribution in [0, 0.1) is 11.8 Å². The molecule has 0 saturated carbocycles. The van der Waals surface area contributed by atoms with Crippen molar-refractivity contribution in [1.82, 2.24) is 0 Å². The number of rotatable bonds is 0. The highest BCUT2D eigenvalue weighted by Gasteiger charge is 2.51. The third kappa shape index (κ3) is 3.89. The van der Waals surface area contributed by atoms with Crippen molar-refractivity contribution in [3.8, 4) is 0 Å². The van der Waals surface area contributed by atoms with E-state index in [0.717, 1.165) is 0 Å². The fourth-order valence-electron chi connectivity index (χ4n) is 3.24. The second kappa shape index (κ2) is 7.72. The van der Waals surface area contributed by atoms with Gasteiger partial charge in [-0.25, -0.2) is 0 Å². The van der Waals surface area contributed by atoms with Crippen LogP contribution < -0.4 is 0 Å². The van der Waals surface area contributed by atoms with Gasteiger partial charge < -0.3 is 9.47 Å². The van der Waals surface area contributed by atoms with Gasteiger partial charge in [-0.3, -0.25) is 0 Å². The van der Waals surface area contributed by atoms with Crippen molar-refractivity contribution in [3.05, 3.63) is 0 Å². The molecular weight excluding hydrogens is 357 g/mol. The summed E-state index contributed by atoms with van der Waals surface area (Å²) in [5.41, 5.74) is 0. The first-order valence-corrected chi connectivity index (χ1v) is 10.2. The highest BCUT2D eigenvalue weighted by Crippen LogP contribution is 2.42. The Kier molecular flexibility index (Phi) is 6.05. The molecule has 3 aliphatic heterocycles. The van der Waals surface area contributed by atoms with Crippen LogP contribution in [-0.2, 0) is 36.7 Å². The lowest BCUT2D eigenvalue weighted by atomic mass is 9.86. The molecule has 3 fully saturated rings. The van der Waals surface area contributed by atoms with E-state index < -0.39 is 40.8 Å². The summed E-state index contributed by atoms with van der Waals surface area (Å²) in [6, 6.07) is -0.585. The maximum atomic E-state index is 12.1. The van der Waals surface area contributed by atoms with E-state index >= 15 is 0 Å². The summed E-state index contributed by atoms with van der Waals surface area (Å²) in [5.74, 6) is -0.300. The van der Waals surface area contributed by atoms with Gasteiger partial charge in [0.25, 0.3) is 0 Å². The van der Waals surface area contributed by atoms with Crippen molar-refractivity contribution in [2.45, 2.75) is 57.3 Å². The second-order valence-corrected chi connectivity index (χ2v) is 8.25. The zero-order chi connectivity index (χ0) is 17.4. The minimum atomic E-state index is -2.36. The monoisotopic (exact) mass is 378 g/mol. The van der Waals surface area contributed by atoms with Crippen LogP contribution >= 0.6 is 16.5 Å². The number of fused-ring (bicyclic) bond motifs is 3. The average Bonchev–Trinajstić information content (AvgIpc) is 2.95. The maximum absolute atomic E-state index is 12.1. The smallest absolute Gasteiger partial charge is 0.379 e. The Bertz CT molecular complexity index is 508. The summed E-state index contributed by atoms with van der Waals surface area (Å²) in [4.78, 5) is 0. The topological polar surface area (TPSA) is 89.5 Å². The lowest BCUT2D eigenvalue weighted by molar-refractivity contribution is -0.0150. The lowest BCUT2D eigenvalue weighted by Crippen LogP contribution is -2.30. The van der Waals surface area contributed by atoms with Gasteiger partial charge in [0.2, 0.25) is 0 Å². The third-order valence-electron chi connectivity index (χ3n) is 4.80. The van der Waals surface area contributed by atoms with E-state index in [1.807, 2.05) is 20.8 Å². The number of hydrogen-bond donors (Lipinski definition) is 0. The van der Waals surface area contributed by atoms with Crippen LogP contribution in [0.4, 0.5) is 0 Å². The van der Waals surface area contributed by atoms with E-state index in [1.54, 1.807) is 0 Å². The second-order valence-electron chi connectivity index (χ2n) is 6.42. The molecule has 2 radical (unpaired) electrons. The molecule has 132 valence electrons. The third-order valence-corrected chi connectivity index (χ3v) is 6.35. The molecule has 2 bridgehead atoms. The molecule has 3 rings (SSSR count). The van der Waals surface area contributed by atoms with E-state index in [2.05, 4.69) is 0 Å². The van der Waals surface area contributed by atoms with Crippen LogP contribution in [0.5, 0.6) is 0 Å². The molecule has 8 nitrogen and oxygen atoms in total. The fraction of sp³-hybridized carbons (Fsp3) is 1.00. The molecule has 0 aromatic rings. The molecule has 0 amide bonds. The molecule has 4 unspecified atom stereocenters. The molecule has 0 N–H and O–H groups in total. The van der Waals surface area contributed by atoms with Gasteiger partial charge in [-0.15, -0.1) is 18.1 Å². The van der Waals surface area contributed by atoms with Crippen molar-refractivity contribution in [1.29, 1.82) is 0 Å². The van der Waals surface area contributed by atoms with Crippen LogP contribution in [0.2, 0.25) is 0 Å². The van der Waals surface area contributed by atoms with Gasteiger partial charge in [-0.05, 0) is 6.92 Å². The van der Waals surface area contributed by atoms with E-state index in [-0.39, 0.29) is 37.3 Å². The largest absolute Gasteiger partial charge is 0.697 e. The van der Waals surface area contributed by atoms with Crippen LogP contribution in [0.25, 0.3) is 0 Å². The van der Waals surface area contributed by atoms with Gasteiger partial charge in [-0.1, -0.05) is 13.8 Å². The van der Waals surface area contributed by atoms with Crippen LogP contribution in [-0.4, -0.2) is 57.6 Å². The van der Waals surface area contributed by atoms with E-state index in [4.69, 9.17) is 35.4 Å². The van der Waals surface area contributed by atoms with Gasteiger partial charge in [0.15, 0.2) is 0 Å². The predicted molar refractivity (Wildman–Crippen MR) is 83.9 cm³/mol. The van der Waals surface area contributed by atoms with E-state index in [9.17, 15) is 9.13 Å². The summed E-state index contributed by atoms with van der Waals surface area (Å²) in [6.45, 7) is 5.60. The molecule has 3 saturated heterocycles. The van der Waals surface area contributed by atoms with Gasteiger partial charge >= 0.3 is 16.5 Å². The van der Waals surface area contributed by atoms with Crippen LogP contribution in [0.15, 0.2) is 0 Å². The first-order valence-electron chi connectivity index (χ1n) is 7.97. The van der Waals surface area contributed by atoms with Gasteiger partial charge in [0.05, 0.1) is 12.2 Å². The Labute approximate surface area is 144 Å². The zero-order valence-electron chi connectivity index (χ0n) is 13.8. The van der Waals surface area contributed by atoms with Crippen molar-refractivity contribution >= 4 is 24.4 Å². The predicted octanol–water partition coefficient (Wildman–Crippen LogP) is 2.07. The SMILES string of the molecule is [B][C@@H]1O[C@@H]2CO[P+](=O)O[C@H]3C(C)[C@@H](CO[P+](=O)O[C@@H]2C1C)O[C@H]3C. The van der Waals surface area contributed by atoms with Crippen LogP contribution in [0.1, 0.15) is 20.8 Å². The highest BCUT2D eigenvalue weighted by molar-refractivity contribution is 7.33. The molecule has 3 heterocycles. The van der Waals surface area contributed by atoms with Crippen molar-refractivity contribution in [2.24, 2.45) is 11.8 Å². The lowest BCUT2D eigenvalue weighted by Gasteiger charge is -2.13. The molecule has 11 heteroatoms. The van der Waals surface area contributed by atoms with Crippen molar-refractivity contribution < 1.29 is 36.7 Å². The Balaban J connectivity index is 1.75. The highest BCUT2D eigenvalue weighted by atomic mass is 31.1. The fourth-order valence-corrected chi connectivity index (χ4v) is 4.99. The van der Waals surface area contributed by atoms with Crippen LogP contribution in [0.3, 0.4) is 0 Å². The van der Waals surface area contributed by atoms with E-state index in [0.29, 0.717) is 0 Å². The molecule has 10 atom stereocenters. The Morgan fingerprint density at radius 2 is 1.42 bits per heavy atom. The van der Waals surface area contributed by atoms with E-state index in [1.165, 1.54) is 0 Å². The quantitative estimate of drug-likeness (QED) is 0.468. The molecule has 3 aliphatic rings. The summed E-state index contributed by atoms with van der Waals surface area (Å²) < 4.78 is 57.1. The number of ether oxygens (including phenoxy) is 2. The normalized spacial score (nSPS) is 50.6. The minimum Gasteiger partial charge on any atom is -0.379 e. The molecule has 0 spiro atoms. The average molecular weight is 378 g/mol. The van der Waals surface area contributed by atoms with Gasteiger partial charge in [-0.2, -0.15) is 0 Å². The van der Waals surface area contributed by atoms with Gasteiger partial charge in [0, 0.05) is 27.0 Å². The summed E-state index contributed by atoms with van der Waals surface area (Å²) in [6.07, 6.45) is -2.18. The number of hydrogen-bond acceptors (Lipinski definition) is 8. The molecule has 0 aliphatic carbocycles. The molecule has 24 heavy (non-hydrogen) atoms. The van der Waals surface area contributed by atoms with Gasteiger partial charge in [0.1, 0.15) is 39.4 Å². The Morgan fingerprint density at radius 1 is 0.833 bits per heavy atom. The zero-order valence-corrected chi connectivity index (χ0v) is 15.6. The Morgan fingerprint density at radius 3 is 2.08 bits per heavy atom. The Hall–Kier alpha value is 0.0249. The minimum absolute atomic E-state index is 0.0408. The molecular formula is C13H21BO8P2+2. The standard InChI is InChI=1S/C13H21BO8P2/c1-6-9-4-17-24(16)22-12-7(2)13(14)20-10(12)5-18-23(15)21-11(6)8(3)19-9/h6-13H,4-5H2,1-3H3/q+2/t6?,7?,8-,9+,10+,11-,12+,13+/m0/s1.